The highest BCUT2D eigenvalue weighted by atomic mass is 19.4. The van der Waals surface area contributed by atoms with E-state index >= 15 is 0 Å². The molecule has 0 saturated heterocycles. The third-order valence-corrected chi connectivity index (χ3v) is 8.50. The van der Waals surface area contributed by atoms with Crippen LogP contribution in [-0.4, -0.2) is 74.6 Å². The van der Waals surface area contributed by atoms with Gasteiger partial charge in [-0.15, -0.1) is 0 Å². The molecule has 3 aliphatic carbocycles. The number of fused-ring (bicyclic) bond motifs is 3. The molecule has 0 heterocycles. The third kappa shape index (κ3) is 3.85. The van der Waals surface area contributed by atoms with Gasteiger partial charge < -0.3 is 31.1 Å². The maximum absolute atomic E-state index is 13.9. The van der Waals surface area contributed by atoms with Crippen molar-refractivity contribution in [2.75, 3.05) is 14.1 Å². The lowest BCUT2D eigenvalue weighted by Crippen LogP contribution is -2.73. The molecule has 6 atom stereocenters. The second-order valence-corrected chi connectivity index (χ2v) is 10.9. The van der Waals surface area contributed by atoms with E-state index in [0.717, 1.165) is 12.1 Å². The Morgan fingerprint density at radius 1 is 1.07 bits per heavy atom. The number of ketones is 2. The van der Waals surface area contributed by atoms with Crippen LogP contribution in [0.25, 0.3) is 16.9 Å². The summed E-state index contributed by atoms with van der Waals surface area (Å²) in [6.07, 6.45) is -6.19. The molecular weight excluding hydrogens is 533 g/mol. The van der Waals surface area contributed by atoms with E-state index in [4.69, 9.17) is 5.73 Å². The largest absolute Gasteiger partial charge is 0.507 e. The lowest BCUT2D eigenvalue weighted by molar-refractivity contribution is -0.184. The summed E-state index contributed by atoms with van der Waals surface area (Å²) in [7, 11) is 3.10. The number of aliphatic hydroxyl groups excluding tert-OH is 2. The van der Waals surface area contributed by atoms with Crippen molar-refractivity contribution < 1.29 is 48.0 Å². The summed E-state index contributed by atoms with van der Waals surface area (Å²) >= 11 is 0. The Balaban J connectivity index is 1.67. The first-order valence-electron chi connectivity index (χ1n) is 12.5. The Labute approximate surface area is 226 Å². The van der Waals surface area contributed by atoms with Gasteiger partial charge in [-0.05, 0) is 67.7 Å². The van der Waals surface area contributed by atoms with Crippen molar-refractivity contribution in [1.29, 1.82) is 0 Å². The molecule has 0 spiro atoms. The summed E-state index contributed by atoms with van der Waals surface area (Å²) < 4.78 is 39.3. The fraction of sp³-hybridized carbons (Fsp3) is 0.393. The average Bonchev–Trinajstić information content (AvgIpc) is 2.85. The van der Waals surface area contributed by atoms with Crippen LogP contribution in [0.3, 0.4) is 0 Å². The number of halogens is 3. The van der Waals surface area contributed by atoms with Crippen LogP contribution in [0.5, 0.6) is 5.75 Å². The Hall–Kier alpha value is -3.74. The van der Waals surface area contributed by atoms with E-state index < -0.39 is 76.2 Å². The summed E-state index contributed by atoms with van der Waals surface area (Å²) in [5.41, 5.74) is 2.45. The van der Waals surface area contributed by atoms with Gasteiger partial charge in [0.25, 0.3) is 0 Å². The minimum Gasteiger partial charge on any atom is -0.507 e. The van der Waals surface area contributed by atoms with Gasteiger partial charge in [-0.3, -0.25) is 14.4 Å². The van der Waals surface area contributed by atoms with Crippen molar-refractivity contribution in [1.82, 2.24) is 4.90 Å². The van der Waals surface area contributed by atoms with E-state index in [1.54, 1.807) is 14.1 Å². The van der Waals surface area contributed by atoms with Gasteiger partial charge in [-0.25, -0.2) is 0 Å². The molecule has 1 amide bonds. The first-order chi connectivity index (χ1) is 18.6. The summed E-state index contributed by atoms with van der Waals surface area (Å²) in [5.74, 6) is -8.53. The molecule has 2 unspecified atom stereocenters. The first kappa shape index (κ1) is 27.8. The van der Waals surface area contributed by atoms with Gasteiger partial charge in [0, 0.05) is 17.5 Å². The molecule has 3 aliphatic rings. The van der Waals surface area contributed by atoms with E-state index in [1.807, 2.05) is 0 Å². The maximum atomic E-state index is 13.9. The molecule has 40 heavy (non-hydrogen) atoms. The second-order valence-electron chi connectivity index (χ2n) is 10.9. The van der Waals surface area contributed by atoms with Crippen LogP contribution < -0.4 is 5.73 Å². The van der Waals surface area contributed by atoms with E-state index in [2.05, 4.69) is 0 Å². The standard InChI is InChI=1S/C28H27F3N2O7/c1-33(2)21-16-10-12-9-15-14(11-3-5-13(6-4-11)28(29,30)31)7-8-17(34)19(15)22(35)18(12)24(37)27(16,40)25(38)20(23(21)36)26(32)39/h3-8,12,16,20-21,23,34-36,40H,9-10H2,1-2H3,(H2,32,39)/t12-,16-,20?,21-,23?,27-/m1/s1. The summed E-state index contributed by atoms with van der Waals surface area (Å²) in [5, 5.41) is 44.5. The number of nitrogens with zero attached hydrogens (tertiary/aromatic N) is 1. The average molecular weight is 561 g/mol. The number of rotatable bonds is 3. The highest BCUT2D eigenvalue weighted by Crippen LogP contribution is 2.53. The van der Waals surface area contributed by atoms with E-state index in [1.165, 1.54) is 29.2 Å². The molecule has 2 saturated carbocycles. The molecule has 0 aliphatic heterocycles. The van der Waals surface area contributed by atoms with E-state index in [9.17, 15) is 48.0 Å². The van der Waals surface area contributed by atoms with Gasteiger partial charge in [0.2, 0.25) is 11.7 Å². The fourth-order valence-corrected chi connectivity index (χ4v) is 6.71. The van der Waals surface area contributed by atoms with Crippen LogP contribution >= 0.6 is 0 Å². The Morgan fingerprint density at radius 2 is 1.70 bits per heavy atom. The topological polar surface area (TPSA) is 161 Å². The smallest absolute Gasteiger partial charge is 0.416 e. The molecule has 5 rings (SSSR count). The summed E-state index contributed by atoms with van der Waals surface area (Å²) in [6, 6.07) is 6.03. The second kappa shape index (κ2) is 9.15. The van der Waals surface area contributed by atoms with Gasteiger partial charge in [-0.1, -0.05) is 18.2 Å². The first-order valence-corrected chi connectivity index (χ1v) is 12.5. The number of phenolic OH excluding ortho intramolecular Hbond substituents is 1. The molecule has 2 aromatic carbocycles. The molecule has 0 aromatic heterocycles. The van der Waals surface area contributed by atoms with E-state index in [0.29, 0.717) is 16.7 Å². The Morgan fingerprint density at radius 3 is 2.25 bits per heavy atom. The normalized spacial score (nSPS) is 30.1. The van der Waals surface area contributed by atoms with Crippen LogP contribution in [0.1, 0.15) is 23.1 Å². The number of hydrogen-bond acceptors (Lipinski definition) is 8. The summed E-state index contributed by atoms with van der Waals surface area (Å²) in [4.78, 5) is 40.8. The predicted molar refractivity (Wildman–Crippen MR) is 135 cm³/mol. The molecule has 2 aromatic rings. The molecular formula is C28H27F3N2O7. The van der Waals surface area contributed by atoms with Crippen molar-refractivity contribution in [2.24, 2.45) is 23.5 Å². The highest BCUT2D eigenvalue weighted by Gasteiger charge is 2.67. The quantitative estimate of drug-likeness (QED) is 0.355. The number of hydrogen-bond donors (Lipinski definition) is 5. The molecule has 9 nitrogen and oxygen atoms in total. The minimum atomic E-state index is -4.54. The number of benzene rings is 2. The zero-order valence-electron chi connectivity index (χ0n) is 21.4. The molecule has 2 fully saturated rings. The molecule has 6 N–H and O–H groups in total. The van der Waals surface area contributed by atoms with Gasteiger partial charge in [0.1, 0.15) is 17.4 Å². The van der Waals surface area contributed by atoms with Crippen LogP contribution in [0.2, 0.25) is 0 Å². The van der Waals surface area contributed by atoms with Crippen molar-refractivity contribution in [3.05, 3.63) is 58.7 Å². The predicted octanol–water partition coefficient (Wildman–Crippen LogP) is 1.81. The zero-order valence-corrected chi connectivity index (χ0v) is 21.4. The Bertz CT molecular complexity index is 1470. The number of carbonyl (C=O) groups excluding carboxylic acids is 3. The van der Waals surface area contributed by atoms with Gasteiger partial charge in [0.15, 0.2) is 11.4 Å². The van der Waals surface area contributed by atoms with Crippen LogP contribution in [0.15, 0.2) is 42.0 Å². The van der Waals surface area contributed by atoms with Crippen molar-refractivity contribution in [3.63, 3.8) is 0 Å². The van der Waals surface area contributed by atoms with Gasteiger partial charge in [0.05, 0.1) is 17.2 Å². The fourth-order valence-electron chi connectivity index (χ4n) is 6.71. The number of likely N-dealkylation sites (N-methyl/N-ethyl adjacent to an activating group) is 1. The van der Waals surface area contributed by atoms with Crippen LogP contribution in [0, 0.1) is 17.8 Å². The lowest BCUT2D eigenvalue weighted by Gasteiger charge is -2.53. The SMILES string of the molecule is CN(C)[C@H]1C(O)C(C(N)=O)C(=O)[C@]2(O)C(=O)C3=C(O)c4c(O)ccc(-c5ccc(C(F)(F)F)cc5)c4C[C@@H]3C[C@H]12. The number of amides is 1. The zero-order chi connectivity index (χ0) is 29.5. The van der Waals surface area contributed by atoms with Gasteiger partial charge in [-0.2, -0.15) is 13.2 Å². The third-order valence-electron chi connectivity index (χ3n) is 8.50. The van der Waals surface area contributed by atoms with Crippen molar-refractivity contribution >= 4 is 23.2 Å². The van der Waals surface area contributed by atoms with Crippen molar-refractivity contribution in [2.45, 2.75) is 36.8 Å². The Kier molecular flexibility index (Phi) is 6.36. The number of Topliss-reactive ketones (excluding diaryl/α,β-unsaturated/α-hetero) is 2. The summed E-state index contributed by atoms with van der Waals surface area (Å²) in [6.45, 7) is 0. The van der Waals surface area contributed by atoms with Crippen LogP contribution in [-0.2, 0) is 27.0 Å². The minimum absolute atomic E-state index is 0.0293. The number of primary amides is 1. The van der Waals surface area contributed by atoms with Crippen LogP contribution in [0.4, 0.5) is 13.2 Å². The number of aromatic hydroxyl groups is 1. The number of aliphatic hydroxyl groups is 3. The van der Waals surface area contributed by atoms with Gasteiger partial charge >= 0.3 is 6.18 Å². The molecule has 0 radical (unpaired) electrons. The lowest BCUT2D eigenvalue weighted by atomic mass is 9.54. The van der Waals surface area contributed by atoms with Crippen molar-refractivity contribution in [3.8, 4) is 16.9 Å². The molecule has 12 heteroatoms. The maximum Gasteiger partial charge on any atom is 0.416 e. The number of alkyl halides is 3. The molecule has 212 valence electrons. The monoisotopic (exact) mass is 560 g/mol. The van der Waals surface area contributed by atoms with E-state index in [-0.39, 0.29) is 24.0 Å². The molecule has 0 bridgehead atoms. The highest BCUT2D eigenvalue weighted by molar-refractivity contribution is 6.25. The number of nitrogens with two attached hydrogens (primary N) is 1. The number of carbonyl (C=O) groups is 3. The number of phenols is 1.